The number of amides is 1. The Morgan fingerprint density at radius 1 is 1.47 bits per heavy atom. The molecular weight excluding hydrogens is 308 g/mol. The number of benzene rings is 1. The van der Waals surface area contributed by atoms with E-state index in [4.69, 9.17) is 4.74 Å². The van der Waals surface area contributed by atoms with Crippen molar-refractivity contribution in [1.82, 2.24) is 10.3 Å². The Morgan fingerprint density at radius 3 is 3.05 bits per heavy atom. The first-order valence-electron chi connectivity index (χ1n) is 6.09. The van der Waals surface area contributed by atoms with Crippen LogP contribution in [-0.4, -0.2) is 23.5 Å². The molecule has 0 unspecified atom stereocenters. The van der Waals surface area contributed by atoms with E-state index >= 15 is 0 Å². The first kappa shape index (κ1) is 12.3. The van der Waals surface area contributed by atoms with Gasteiger partial charge in [-0.1, -0.05) is 18.2 Å². The van der Waals surface area contributed by atoms with Gasteiger partial charge in [-0.15, -0.1) is 0 Å². The number of fused-ring (bicyclic) bond motifs is 1. The molecule has 5 heteroatoms. The molecule has 19 heavy (non-hydrogen) atoms. The summed E-state index contributed by atoms with van der Waals surface area (Å²) in [6, 6.07) is 9.72. The summed E-state index contributed by atoms with van der Waals surface area (Å²) in [6.07, 6.45) is 2.58. The van der Waals surface area contributed by atoms with Crippen molar-refractivity contribution in [2.75, 3.05) is 6.54 Å². The molecule has 2 aromatic rings. The molecule has 98 valence electrons. The second-order valence-electron chi connectivity index (χ2n) is 4.49. The topological polar surface area (TPSA) is 54.1 Å². The first-order chi connectivity index (χ1) is 9.22. The molecule has 1 aromatic heterocycles. The zero-order valence-electron chi connectivity index (χ0n) is 10.2. The SMILES string of the molecule is O=C(NC[C@H]1Cc2ccccc2O1)c1cc(Br)c[nH]1. The van der Waals surface area contributed by atoms with Crippen LogP contribution in [0.3, 0.4) is 0 Å². The molecule has 3 rings (SSSR count). The van der Waals surface area contributed by atoms with E-state index in [-0.39, 0.29) is 12.0 Å². The molecule has 1 atom stereocenters. The number of halogens is 1. The van der Waals surface area contributed by atoms with E-state index < -0.39 is 0 Å². The Balaban J connectivity index is 1.56. The zero-order chi connectivity index (χ0) is 13.2. The largest absolute Gasteiger partial charge is 0.488 e. The van der Waals surface area contributed by atoms with Crippen LogP contribution in [0, 0.1) is 0 Å². The van der Waals surface area contributed by atoms with Gasteiger partial charge in [0.2, 0.25) is 0 Å². The monoisotopic (exact) mass is 320 g/mol. The fourth-order valence-corrected chi connectivity index (χ4v) is 2.51. The summed E-state index contributed by atoms with van der Waals surface area (Å²) in [7, 11) is 0. The third-order valence-electron chi connectivity index (χ3n) is 3.10. The molecule has 1 aromatic carbocycles. The molecule has 2 N–H and O–H groups in total. The lowest BCUT2D eigenvalue weighted by atomic mass is 10.1. The van der Waals surface area contributed by atoms with Crippen LogP contribution < -0.4 is 10.1 Å². The predicted octanol–water partition coefficient (Wildman–Crippen LogP) is 2.51. The Hall–Kier alpha value is -1.75. The number of nitrogens with one attached hydrogen (secondary N) is 2. The van der Waals surface area contributed by atoms with Gasteiger partial charge in [0.05, 0.1) is 6.54 Å². The van der Waals surface area contributed by atoms with Crippen molar-refractivity contribution >= 4 is 21.8 Å². The summed E-state index contributed by atoms with van der Waals surface area (Å²) in [5.74, 6) is 0.801. The molecule has 0 aliphatic carbocycles. The average molecular weight is 321 g/mol. The number of carbonyl (C=O) groups excluding carboxylic acids is 1. The fourth-order valence-electron chi connectivity index (χ4n) is 2.17. The lowest BCUT2D eigenvalue weighted by molar-refractivity contribution is 0.0929. The molecule has 0 saturated carbocycles. The molecule has 4 nitrogen and oxygen atoms in total. The van der Waals surface area contributed by atoms with E-state index in [2.05, 4.69) is 32.3 Å². The first-order valence-corrected chi connectivity index (χ1v) is 6.88. The minimum atomic E-state index is -0.120. The van der Waals surface area contributed by atoms with E-state index in [1.165, 1.54) is 5.56 Å². The molecule has 1 amide bonds. The Bertz CT molecular complexity index is 584. The van der Waals surface area contributed by atoms with Gasteiger partial charge >= 0.3 is 0 Å². The number of ether oxygens (including phenoxy) is 1. The lowest BCUT2D eigenvalue weighted by Crippen LogP contribution is -2.34. The Kier molecular flexibility index (Phi) is 3.29. The molecule has 0 fully saturated rings. The summed E-state index contributed by atoms with van der Waals surface area (Å²) >= 11 is 3.30. The summed E-state index contributed by atoms with van der Waals surface area (Å²) in [6.45, 7) is 0.504. The molecule has 0 radical (unpaired) electrons. The Morgan fingerprint density at radius 2 is 2.32 bits per heavy atom. The minimum Gasteiger partial charge on any atom is -0.488 e. The normalized spacial score (nSPS) is 16.8. The second kappa shape index (κ2) is 5.09. The molecular formula is C14H13BrN2O2. The van der Waals surface area contributed by atoms with E-state index in [1.54, 1.807) is 12.3 Å². The highest BCUT2D eigenvalue weighted by Crippen LogP contribution is 2.27. The summed E-state index contributed by atoms with van der Waals surface area (Å²) in [5, 5.41) is 2.87. The number of hydrogen-bond acceptors (Lipinski definition) is 2. The van der Waals surface area contributed by atoms with Crippen molar-refractivity contribution in [1.29, 1.82) is 0 Å². The third kappa shape index (κ3) is 2.66. The predicted molar refractivity (Wildman–Crippen MR) is 75.4 cm³/mol. The van der Waals surface area contributed by atoms with Crippen LogP contribution in [-0.2, 0) is 6.42 Å². The van der Waals surface area contributed by atoms with Crippen LogP contribution in [0.25, 0.3) is 0 Å². The van der Waals surface area contributed by atoms with E-state index in [9.17, 15) is 4.79 Å². The highest BCUT2D eigenvalue weighted by Gasteiger charge is 2.22. The van der Waals surface area contributed by atoms with Gasteiger partial charge in [0.15, 0.2) is 0 Å². The van der Waals surface area contributed by atoms with E-state index in [0.29, 0.717) is 12.2 Å². The van der Waals surface area contributed by atoms with Gasteiger partial charge in [-0.2, -0.15) is 0 Å². The van der Waals surface area contributed by atoms with Crippen molar-refractivity contribution in [3.8, 4) is 5.75 Å². The van der Waals surface area contributed by atoms with Crippen LogP contribution >= 0.6 is 15.9 Å². The maximum absolute atomic E-state index is 11.9. The number of para-hydroxylation sites is 1. The Labute approximate surface area is 119 Å². The highest BCUT2D eigenvalue weighted by atomic mass is 79.9. The van der Waals surface area contributed by atoms with Gasteiger partial charge in [-0.3, -0.25) is 4.79 Å². The van der Waals surface area contributed by atoms with Gasteiger partial charge < -0.3 is 15.0 Å². The third-order valence-corrected chi connectivity index (χ3v) is 3.55. The number of hydrogen-bond donors (Lipinski definition) is 2. The zero-order valence-corrected chi connectivity index (χ0v) is 11.7. The number of aromatic amines is 1. The summed E-state index contributed by atoms with van der Waals surface area (Å²) in [5.41, 5.74) is 1.74. The lowest BCUT2D eigenvalue weighted by Gasteiger charge is -2.11. The molecule has 0 bridgehead atoms. The van der Waals surface area contributed by atoms with Crippen LogP contribution in [0.2, 0.25) is 0 Å². The van der Waals surface area contributed by atoms with Crippen LogP contribution in [0.4, 0.5) is 0 Å². The maximum Gasteiger partial charge on any atom is 0.267 e. The van der Waals surface area contributed by atoms with Gasteiger partial charge in [0.25, 0.3) is 5.91 Å². The summed E-state index contributed by atoms with van der Waals surface area (Å²) in [4.78, 5) is 14.8. The standard InChI is InChI=1S/C14H13BrN2O2/c15-10-6-12(16-7-10)14(18)17-8-11-5-9-3-1-2-4-13(9)19-11/h1-4,6-7,11,16H,5,8H2,(H,17,18)/t11-/m1/s1. The number of carbonyl (C=O) groups is 1. The average Bonchev–Trinajstić information content (AvgIpc) is 3.01. The van der Waals surface area contributed by atoms with Crippen molar-refractivity contribution in [2.24, 2.45) is 0 Å². The highest BCUT2D eigenvalue weighted by molar-refractivity contribution is 9.10. The molecule has 0 spiro atoms. The molecule has 2 heterocycles. The van der Waals surface area contributed by atoms with Crippen LogP contribution in [0.1, 0.15) is 16.1 Å². The van der Waals surface area contributed by atoms with Gasteiger partial charge in [0, 0.05) is 17.1 Å². The molecule has 1 aliphatic rings. The number of H-pyrrole nitrogens is 1. The number of aromatic nitrogens is 1. The fraction of sp³-hybridized carbons (Fsp3) is 0.214. The maximum atomic E-state index is 11.9. The molecule has 0 saturated heterocycles. The van der Waals surface area contributed by atoms with Gasteiger partial charge in [-0.25, -0.2) is 0 Å². The van der Waals surface area contributed by atoms with Crippen molar-refractivity contribution in [3.05, 3.63) is 52.3 Å². The number of rotatable bonds is 3. The van der Waals surface area contributed by atoms with Gasteiger partial charge in [0.1, 0.15) is 17.5 Å². The van der Waals surface area contributed by atoms with Crippen molar-refractivity contribution in [3.63, 3.8) is 0 Å². The molecule has 1 aliphatic heterocycles. The van der Waals surface area contributed by atoms with Crippen molar-refractivity contribution in [2.45, 2.75) is 12.5 Å². The van der Waals surface area contributed by atoms with Gasteiger partial charge in [-0.05, 0) is 33.6 Å². The summed E-state index contributed by atoms with van der Waals surface area (Å²) < 4.78 is 6.63. The van der Waals surface area contributed by atoms with E-state index in [0.717, 1.165) is 16.6 Å². The second-order valence-corrected chi connectivity index (χ2v) is 5.41. The minimum absolute atomic E-state index is 0.0137. The van der Waals surface area contributed by atoms with Crippen molar-refractivity contribution < 1.29 is 9.53 Å². The smallest absolute Gasteiger partial charge is 0.267 e. The quantitative estimate of drug-likeness (QED) is 0.913. The van der Waals surface area contributed by atoms with E-state index in [1.807, 2.05) is 18.2 Å². The van der Waals surface area contributed by atoms with Crippen LogP contribution in [0.5, 0.6) is 5.75 Å². The van der Waals surface area contributed by atoms with Crippen LogP contribution in [0.15, 0.2) is 41.0 Å².